The Balaban J connectivity index is 1.40. The third-order valence-electron chi connectivity index (χ3n) is 4.63. The Morgan fingerprint density at radius 3 is 2.58 bits per heavy atom. The Kier molecular flexibility index (Phi) is 4.69. The van der Waals surface area contributed by atoms with E-state index in [9.17, 15) is 0 Å². The van der Waals surface area contributed by atoms with Gasteiger partial charge in [0.2, 0.25) is 5.13 Å². The molecule has 7 nitrogen and oxygen atoms in total. The molecular formula is C18H23N7S. The summed E-state index contributed by atoms with van der Waals surface area (Å²) < 4.78 is 4.46. The number of aromatic nitrogens is 4. The monoisotopic (exact) mass is 369 g/mol. The number of piperazine rings is 1. The molecule has 1 fully saturated rings. The van der Waals surface area contributed by atoms with Crippen LogP contribution in [0.4, 0.5) is 10.9 Å². The van der Waals surface area contributed by atoms with E-state index in [1.807, 2.05) is 24.3 Å². The van der Waals surface area contributed by atoms with Crippen LogP contribution >= 0.6 is 11.5 Å². The van der Waals surface area contributed by atoms with Gasteiger partial charge in [-0.1, -0.05) is 26.0 Å². The zero-order valence-electron chi connectivity index (χ0n) is 15.1. The van der Waals surface area contributed by atoms with E-state index >= 15 is 0 Å². The smallest absolute Gasteiger partial charge is 0.205 e. The summed E-state index contributed by atoms with van der Waals surface area (Å²) in [7, 11) is 0. The average molecular weight is 369 g/mol. The molecule has 1 aliphatic heterocycles. The Morgan fingerprint density at radius 1 is 1.08 bits per heavy atom. The maximum atomic E-state index is 6.10. The summed E-state index contributed by atoms with van der Waals surface area (Å²) in [5, 5.41) is 1.94. The standard InChI is InChI=1S/C18H23N7S/c1-12(2)17-22-18(26-23-17)25-9-7-24(8-10-25)11-15-20-14-6-4-3-5-13(14)16(19)21-15/h3-6,12H,7-11H2,1-2H3,(H2,19,20,21). The van der Waals surface area contributed by atoms with E-state index in [2.05, 4.69) is 43.0 Å². The highest BCUT2D eigenvalue weighted by atomic mass is 32.1. The van der Waals surface area contributed by atoms with Gasteiger partial charge in [0.05, 0.1) is 12.1 Å². The van der Waals surface area contributed by atoms with E-state index in [0.29, 0.717) is 11.7 Å². The number of nitrogen functional groups attached to an aromatic ring is 1. The van der Waals surface area contributed by atoms with Crippen LogP contribution in [0.25, 0.3) is 10.9 Å². The number of hydrogen-bond donors (Lipinski definition) is 1. The molecule has 1 aromatic carbocycles. The van der Waals surface area contributed by atoms with Crippen LogP contribution in [0, 0.1) is 0 Å². The highest BCUT2D eigenvalue weighted by Gasteiger charge is 2.21. The predicted molar refractivity (Wildman–Crippen MR) is 105 cm³/mol. The van der Waals surface area contributed by atoms with Crippen LogP contribution in [0.2, 0.25) is 0 Å². The van der Waals surface area contributed by atoms with E-state index in [1.54, 1.807) is 0 Å². The van der Waals surface area contributed by atoms with Crippen molar-refractivity contribution in [3.63, 3.8) is 0 Å². The Bertz CT molecular complexity index is 899. The minimum atomic E-state index is 0.372. The fourth-order valence-corrected chi connectivity index (χ4v) is 3.97. The lowest BCUT2D eigenvalue weighted by Crippen LogP contribution is -2.46. The Morgan fingerprint density at radius 2 is 1.85 bits per heavy atom. The van der Waals surface area contributed by atoms with Crippen molar-refractivity contribution in [2.45, 2.75) is 26.3 Å². The number of nitrogens with zero attached hydrogens (tertiary/aromatic N) is 6. The van der Waals surface area contributed by atoms with Crippen molar-refractivity contribution >= 4 is 33.4 Å². The molecule has 0 atom stereocenters. The van der Waals surface area contributed by atoms with E-state index < -0.39 is 0 Å². The minimum Gasteiger partial charge on any atom is -0.383 e. The van der Waals surface area contributed by atoms with Crippen molar-refractivity contribution in [1.82, 2.24) is 24.2 Å². The van der Waals surface area contributed by atoms with Crippen LogP contribution in [-0.4, -0.2) is 50.4 Å². The molecule has 26 heavy (non-hydrogen) atoms. The molecule has 1 saturated heterocycles. The molecule has 0 unspecified atom stereocenters. The lowest BCUT2D eigenvalue weighted by molar-refractivity contribution is 0.244. The van der Waals surface area contributed by atoms with Crippen LogP contribution in [0.15, 0.2) is 24.3 Å². The zero-order valence-corrected chi connectivity index (χ0v) is 15.9. The predicted octanol–water partition coefficient (Wildman–Crippen LogP) is 2.51. The van der Waals surface area contributed by atoms with Crippen molar-refractivity contribution in [3.8, 4) is 0 Å². The summed E-state index contributed by atoms with van der Waals surface area (Å²) in [6, 6.07) is 7.88. The van der Waals surface area contributed by atoms with E-state index in [4.69, 9.17) is 5.73 Å². The van der Waals surface area contributed by atoms with Gasteiger partial charge in [-0.05, 0) is 12.1 Å². The maximum absolute atomic E-state index is 6.10. The first-order chi connectivity index (χ1) is 12.6. The van der Waals surface area contributed by atoms with Crippen LogP contribution in [0.3, 0.4) is 0 Å². The van der Waals surface area contributed by atoms with Crippen molar-refractivity contribution in [2.75, 3.05) is 36.8 Å². The number of fused-ring (bicyclic) bond motifs is 1. The molecule has 0 amide bonds. The number of nitrogens with two attached hydrogens (primary N) is 1. The van der Waals surface area contributed by atoms with Gasteiger partial charge in [0.25, 0.3) is 0 Å². The largest absolute Gasteiger partial charge is 0.383 e. The van der Waals surface area contributed by atoms with Crippen LogP contribution in [-0.2, 0) is 6.54 Å². The summed E-state index contributed by atoms with van der Waals surface area (Å²) in [5.74, 6) is 2.65. The highest BCUT2D eigenvalue weighted by molar-refractivity contribution is 7.09. The Labute approximate surface area is 157 Å². The zero-order chi connectivity index (χ0) is 18.1. The first-order valence-electron chi connectivity index (χ1n) is 8.92. The average Bonchev–Trinajstić information content (AvgIpc) is 3.13. The van der Waals surface area contributed by atoms with Gasteiger partial charge in [-0.25, -0.2) is 15.0 Å². The van der Waals surface area contributed by atoms with Gasteiger partial charge in [0.15, 0.2) is 0 Å². The van der Waals surface area contributed by atoms with Gasteiger partial charge in [-0.15, -0.1) is 0 Å². The van der Waals surface area contributed by atoms with E-state index in [1.165, 1.54) is 11.5 Å². The van der Waals surface area contributed by atoms with Crippen LogP contribution < -0.4 is 10.6 Å². The molecule has 0 radical (unpaired) electrons. The molecule has 2 N–H and O–H groups in total. The minimum absolute atomic E-state index is 0.372. The van der Waals surface area contributed by atoms with Crippen LogP contribution in [0.5, 0.6) is 0 Å². The molecule has 8 heteroatoms. The number of rotatable bonds is 4. The molecule has 1 aliphatic rings. The maximum Gasteiger partial charge on any atom is 0.205 e. The topological polar surface area (TPSA) is 84.1 Å². The van der Waals surface area contributed by atoms with Gasteiger partial charge in [0, 0.05) is 49.0 Å². The highest BCUT2D eigenvalue weighted by Crippen LogP contribution is 2.23. The molecule has 0 spiro atoms. The number of benzene rings is 1. The third kappa shape index (κ3) is 3.47. The van der Waals surface area contributed by atoms with Crippen molar-refractivity contribution in [1.29, 1.82) is 0 Å². The molecule has 0 saturated carbocycles. The lowest BCUT2D eigenvalue weighted by Gasteiger charge is -2.33. The van der Waals surface area contributed by atoms with E-state index in [-0.39, 0.29) is 0 Å². The first kappa shape index (κ1) is 17.1. The summed E-state index contributed by atoms with van der Waals surface area (Å²) in [5.41, 5.74) is 7.00. The number of hydrogen-bond acceptors (Lipinski definition) is 8. The van der Waals surface area contributed by atoms with Gasteiger partial charge in [-0.2, -0.15) is 4.37 Å². The quantitative estimate of drug-likeness (QED) is 0.756. The SMILES string of the molecule is CC(C)c1nsc(N2CCN(Cc3nc(N)c4ccccc4n3)CC2)n1. The molecule has 4 rings (SSSR count). The van der Waals surface area contributed by atoms with Crippen molar-refractivity contribution < 1.29 is 0 Å². The van der Waals surface area contributed by atoms with Crippen molar-refractivity contribution in [2.24, 2.45) is 0 Å². The van der Waals surface area contributed by atoms with Gasteiger partial charge < -0.3 is 10.6 Å². The first-order valence-corrected chi connectivity index (χ1v) is 9.69. The molecule has 0 bridgehead atoms. The van der Waals surface area contributed by atoms with Crippen molar-refractivity contribution in [3.05, 3.63) is 35.9 Å². The summed E-state index contributed by atoms with van der Waals surface area (Å²) in [6.07, 6.45) is 0. The molecule has 136 valence electrons. The number of anilines is 2. The van der Waals surface area contributed by atoms with Gasteiger partial charge >= 0.3 is 0 Å². The fraction of sp³-hybridized carbons (Fsp3) is 0.444. The molecule has 3 heterocycles. The van der Waals surface area contributed by atoms with E-state index in [0.717, 1.165) is 60.4 Å². The lowest BCUT2D eigenvalue weighted by atomic mass is 10.2. The fourth-order valence-electron chi connectivity index (χ4n) is 3.11. The molecule has 0 aliphatic carbocycles. The Hall–Kier alpha value is -2.32. The molecular weight excluding hydrogens is 346 g/mol. The third-order valence-corrected chi connectivity index (χ3v) is 5.43. The van der Waals surface area contributed by atoms with Gasteiger partial charge in [0.1, 0.15) is 17.5 Å². The van der Waals surface area contributed by atoms with Crippen LogP contribution in [0.1, 0.15) is 31.4 Å². The van der Waals surface area contributed by atoms with Gasteiger partial charge in [-0.3, -0.25) is 4.90 Å². The normalized spacial score (nSPS) is 15.9. The summed E-state index contributed by atoms with van der Waals surface area (Å²) in [4.78, 5) is 18.5. The summed E-state index contributed by atoms with van der Waals surface area (Å²) >= 11 is 1.50. The molecule has 3 aromatic rings. The second-order valence-corrected chi connectivity index (χ2v) is 7.63. The number of para-hydroxylation sites is 1. The second kappa shape index (κ2) is 7.13. The summed E-state index contributed by atoms with van der Waals surface area (Å²) in [6.45, 7) is 8.75. The molecule has 2 aromatic heterocycles. The second-order valence-electron chi connectivity index (χ2n) is 6.90.